The Balaban J connectivity index is 2.36. The molecule has 0 spiro atoms. The van der Waals surface area contributed by atoms with Gasteiger partial charge in [-0.3, -0.25) is 4.79 Å². The molecule has 0 saturated carbocycles. The zero-order valence-electron chi connectivity index (χ0n) is 15.1. The van der Waals surface area contributed by atoms with Crippen molar-refractivity contribution in [2.45, 2.75) is 6.42 Å². The van der Waals surface area contributed by atoms with Crippen LogP contribution in [0.4, 0.5) is 0 Å². The van der Waals surface area contributed by atoms with Crippen molar-refractivity contribution in [3.05, 3.63) is 65.8 Å². The van der Waals surface area contributed by atoms with E-state index in [4.69, 9.17) is 14.2 Å². The van der Waals surface area contributed by atoms with E-state index in [0.717, 1.165) is 0 Å². The fourth-order valence-electron chi connectivity index (χ4n) is 2.55. The SMILES string of the molecule is C=CCc1cccc(C(=O)C=Cc2cc(OC)c(OC)cc2OC)c1O. The first kappa shape index (κ1) is 19.1. The number of phenols is 1. The van der Waals surface area contributed by atoms with Crippen LogP contribution >= 0.6 is 0 Å². The summed E-state index contributed by atoms with van der Waals surface area (Å²) in [6.07, 6.45) is 5.16. The molecular weight excluding hydrogens is 332 g/mol. The van der Waals surface area contributed by atoms with E-state index < -0.39 is 0 Å². The summed E-state index contributed by atoms with van der Waals surface area (Å²) in [5.74, 6) is 1.25. The van der Waals surface area contributed by atoms with Crippen LogP contribution in [0.5, 0.6) is 23.0 Å². The van der Waals surface area contributed by atoms with Crippen molar-refractivity contribution in [2.75, 3.05) is 21.3 Å². The zero-order valence-corrected chi connectivity index (χ0v) is 15.1. The average Bonchev–Trinajstić information content (AvgIpc) is 2.67. The number of carbonyl (C=O) groups is 1. The van der Waals surface area contributed by atoms with E-state index in [1.54, 1.807) is 42.5 Å². The van der Waals surface area contributed by atoms with Crippen LogP contribution in [0.3, 0.4) is 0 Å². The quantitative estimate of drug-likeness (QED) is 0.440. The molecule has 2 rings (SSSR count). The first-order valence-corrected chi connectivity index (χ1v) is 7.99. The lowest BCUT2D eigenvalue weighted by molar-refractivity contribution is 0.104. The van der Waals surface area contributed by atoms with Gasteiger partial charge in [0.15, 0.2) is 17.3 Å². The van der Waals surface area contributed by atoms with Gasteiger partial charge in [-0.05, 0) is 36.3 Å². The van der Waals surface area contributed by atoms with Crippen LogP contribution in [0.25, 0.3) is 6.08 Å². The molecule has 1 N–H and O–H groups in total. The van der Waals surface area contributed by atoms with Gasteiger partial charge in [-0.15, -0.1) is 6.58 Å². The van der Waals surface area contributed by atoms with Crippen LogP contribution < -0.4 is 14.2 Å². The summed E-state index contributed by atoms with van der Waals surface area (Å²) in [5.41, 5.74) is 1.54. The Kier molecular flexibility index (Phi) is 6.44. The third-order valence-corrected chi connectivity index (χ3v) is 3.90. The third-order valence-electron chi connectivity index (χ3n) is 3.90. The van der Waals surface area contributed by atoms with Crippen molar-refractivity contribution in [2.24, 2.45) is 0 Å². The van der Waals surface area contributed by atoms with Gasteiger partial charge >= 0.3 is 0 Å². The second-order valence-corrected chi connectivity index (χ2v) is 5.45. The molecule has 0 unspecified atom stereocenters. The predicted octanol–water partition coefficient (Wildman–Crippen LogP) is 4.04. The van der Waals surface area contributed by atoms with Crippen molar-refractivity contribution >= 4 is 11.9 Å². The molecule has 0 aliphatic rings. The molecule has 5 nitrogen and oxygen atoms in total. The Morgan fingerprint density at radius 1 is 1.08 bits per heavy atom. The number of para-hydroxylation sites is 1. The molecule has 0 radical (unpaired) electrons. The van der Waals surface area contributed by atoms with Crippen LogP contribution in [0, 0.1) is 0 Å². The molecular formula is C21H22O5. The summed E-state index contributed by atoms with van der Waals surface area (Å²) in [5, 5.41) is 10.3. The first-order chi connectivity index (χ1) is 12.5. The summed E-state index contributed by atoms with van der Waals surface area (Å²) in [7, 11) is 4.60. The van der Waals surface area contributed by atoms with E-state index in [9.17, 15) is 9.90 Å². The number of rotatable bonds is 8. The number of aromatic hydroxyl groups is 1. The van der Waals surface area contributed by atoms with Crippen LogP contribution in [-0.4, -0.2) is 32.2 Å². The number of ketones is 1. The summed E-state index contributed by atoms with van der Waals surface area (Å²) in [4.78, 5) is 12.5. The second kappa shape index (κ2) is 8.76. The Morgan fingerprint density at radius 2 is 1.73 bits per heavy atom. The molecule has 0 aliphatic carbocycles. The molecule has 0 atom stereocenters. The van der Waals surface area contributed by atoms with Gasteiger partial charge in [0.05, 0.1) is 26.9 Å². The van der Waals surface area contributed by atoms with Gasteiger partial charge in [0.1, 0.15) is 11.5 Å². The highest BCUT2D eigenvalue weighted by Crippen LogP contribution is 2.35. The van der Waals surface area contributed by atoms with Gasteiger partial charge in [-0.2, -0.15) is 0 Å². The number of ether oxygens (including phenoxy) is 3. The number of benzene rings is 2. The minimum atomic E-state index is -0.315. The number of hydrogen-bond donors (Lipinski definition) is 1. The standard InChI is InChI=1S/C21H22O5/c1-5-7-14-8-6-9-16(21(14)23)17(22)11-10-15-12-19(25-3)20(26-4)13-18(15)24-2/h5-6,8-13,23H,1,7H2,2-4H3. The Bertz CT molecular complexity index is 837. The van der Waals surface area contributed by atoms with Gasteiger partial charge in [-0.25, -0.2) is 0 Å². The molecule has 2 aromatic rings. The second-order valence-electron chi connectivity index (χ2n) is 5.45. The monoisotopic (exact) mass is 354 g/mol. The van der Waals surface area contributed by atoms with Crippen molar-refractivity contribution < 1.29 is 24.1 Å². The molecule has 0 fully saturated rings. The molecule has 5 heteroatoms. The lowest BCUT2D eigenvalue weighted by Gasteiger charge is -2.12. The smallest absolute Gasteiger partial charge is 0.189 e. The number of hydrogen-bond acceptors (Lipinski definition) is 5. The van der Waals surface area contributed by atoms with E-state index in [-0.39, 0.29) is 17.1 Å². The lowest BCUT2D eigenvalue weighted by Crippen LogP contribution is -1.98. The van der Waals surface area contributed by atoms with Crippen molar-refractivity contribution in [1.82, 2.24) is 0 Å². The molecule has 0 aromatic heterocycles. The van der Waals surface area contributed by atoms with E-state index in [0.29, 0.717) is 34.8 Å². The van der Waals surface area contributed by atoms with E-state index in [1.165, 1.54) is 27.4 Å². The summed E-state index contributed by atoms with van der Waals surface area (Å²) in [6, 6.07) is 8.48. The lowest BCUT2D eigenvalue weighted by atomic mass is 10.0. The molecule has 0 saturated heterocycles. The topological polar surface area (TPSA) is 65.0 Å². The highest BCUT2D eigenvalue weighted by atomic mass is 16.5. The minimum absolute atomic E-state index is 0.0265. The minimum Gasteiger partial charge on any atom is -0.507 e. The third kappa shape index (κ3) is 4.06. The van der Waals surface area contributed by atoms with Gasteiger partial charge in [0, 0.05) is 11.6 Å². The maximum absolute atomic E-state index is 12.5. The zero-order chi connectivity index (χ0) is 19.1. The maximum Gasteiger partial charge on any atom is 0.189 e. The number of carbonyl (C=O) groups excluding carboxylic acids is 1. The normalized spacial score (nSPS) is 10.6. The van der Waals surface area contributed by atoms with Gasteiger partial charge in [-0.1, -0.05) is 18.2 Å². The highest BCUT2D eigenvalue weighted by Gasteiger charge is 2.13. The summed E-state index contributed by atoms with van der Waals surface area (Å²) in [6.45, 7) is 3.65. The summed E-state index contributed by atoms with van der Waals surface area (Å²) >= 11 is 0. The average molecular weight is 354 g/mol. The van der Waals surface area contributed by atoms with E-state index >= 15 is 0 Å². The molecule has 0 amide bonds. The Labute approximate surface area is 153 Å². The number of phenolic OH excluding ortho intramolecular Hbond substituents is 1. The van der Waals surface area contributed by atoms with Crippen LogP contribution in [0.1, 0.15) is 21.5 Å². The van der Waals surface area contributed by atoms with E-state index in [2.05, 4.69) is 6.58 Å². The molecule has 2 aromatic carbocycles. The molecule has 0 heterocycles. The fourth-order valence-corrected chi connectivity index (χ4v) is 2.55. The predicted molar refractivity (Wildman–Crippen MR) is 101 cm³/mol. The van der Waals surface area contributed by atoms with Crippen LogP contribution in [0.2, 0.25) is 0 Å². The van der Waals surface area contributed by atoms with Gasteiger partial charge in [0.2, 0.25) is 0 Å². The van der Waals surface area contributed by atoms with Gasteiger partial charge < -0.3 is 19.3 Å². The van der Waals surface area contributed by atoms with Crippen LogP contribution in [0.15, 0.2) is 49.1 Å². The maximum atomic E-state index is 12.5. The fraction of sp³-hybridized carbons (Fsp3) is 0.190. The molecule has 0 aliphatic heterocycles. The van der Waals surface area contributed by atoms with Crippen molar-refractivity contribution in [1.29, 1.82) is 0 Å². The van der Waals surface area contributed by atoms with E-state index in [1.807, 2.05) is 0 Å². The first-order valence-electron chi connectivity index (χ1n) is 7.99. The van der Waals surface area contributed by atoms with Gasteiger partial charge in [0.25, 0.3) is 0 Å². The van der Waals surface area contributed by atoms with Crippen molar-refractivity contribution in [3.63, 3.8) is 0 Å². The Hall–Kier alpha value is -3.21. The Morgan fingerprint density at radius 3 is 2.35 bits per heavy atom. The summed E-state index contributed by atoms with van der Waals surface area (Å²) < 4.78 is 15.9. The van der Waals surface area contributed by atoms with Crippen LogP contribution in [-0.2, 0) is 6.42 Å². The molecule has 26 heavy (non-hydrogen) atoms. The van der Waals surface area contributed by atoms with Crippen molar-refractivity contribution in [3.8, 4) is 23.0 Å². The molecule has 0 bridgehead atoms. The number of allylic oxidation sites excluding steroid dienone is 2. The number of methoxy groups -OCH3 is 3. The highest BCUT2D eigenvalue weighted by molar-refractivity contribution is 6.09. The molecule has 136 valence electrons. The largest absolute Gasteiger partial charge is 0.507 e.